The predicted octanol–water partition coefficient (Wildman–Crippen LogP) is 3.39. The molecule has 0 aliphatic heterocycles. The van der Waals surface area contributed by atoms with Gasteiger partial charge < -0.3 is 4.90 Å². The van der Waals surface area contributed by atoms with Gasteiger partial charge in [0, 0.05) is 38.0 Å². The topological polar surface area (TPSA) is 37.4 Å². The lowest BCUT2D eigenvalue weighted by atomic mass is 9.81. The molecule has 3 heteroatoms. The molecule has 0 atom stereocenters. The quantitative estimate of drug-likeness (QED) is 0.815. The van der Waals surface area contributed by atoms with Crippen molar-refractivity contribution in [2.24, 2.45) is 5.92 Å². The number of rotatable bonds is 3. The summed E-state index contributed by atoms with van der Waals surface area (Å²) in [6.45, 7) is 0. The van der Waals surface area contributed by atoms with Crippen LogP contribution >= 0.6 is 0 Å². The standard InChI is InChI=1S/C19H21NO2/c1-20(2)17-11-10-13(14-6-3-4-7-15(14)17)12-16-18(21)8-5-9-19(16)22/h3-4,6-7,10-11,16H,5,8-9,12H2,1-2H3. The van der Waals surface area contributed by atoms with Gasteiger partial charge in [-0.2, -0.15) is 0 Å². The summed E-state index contributed by atoms with van der Waals surface area (Å²) in [7, 11) is 4.05. The molecule has 0 N–H and O–H groups in total. The van der Waals surface area contributed by atoms with Gasteiger partial charge in [-0.25, -0.2) is 0 Å². The highest BCUT2D eigenvalue weighted by atomic mass is 16.2. The number of ketones is 2. The Balaban J connectivity index is 2.03. The molecular formula is C19H21NO2. The van der Waals surface area contributed by atoms with Crippen LogP contribution in [-0.4, -0.2) is 25.7 Å². The maximum Gasteiger partial charge on any atom is 0.143 e. The maximum absolute atomic E-state index is 12.1. The number of anilines is 1. The average molecular weight is 295 g/mol. The molecule has 0 amide bonds. The van der Waals surface area contributed by atoms with Crippen molar-refractivity contribution in [1.29, 1.82) is 0 Å². The van der Waals surface area contributed by atoms with Gasteiger partial charge in [-0.3, -0.25) is 9.59 Å². The molecule has 0 saturated heterocycles. The van der Waals surface area contributed by atoms with Crippen molar-refractivity contribution < 1.29 is 9.59 Å². The molecule has 22 heavy (non-hydrogen) atoms. The fourth-order valence-corrected chi connectivity index (χ4v) is 3.33. The van der Waals surface area contributed by atoms with Crippen LogP contribution in [0, 0.1) is 5.92 Å². The molecule has 0 bridgehead atoms. The molecule has 3 nitrogen and oxygen atoms in total. The van der Waals surface area contributed by atoms with Gasteiger partial charge in [-0.1, -0.05) is 30.3 Å². The van der Waals surface area contributed by atoms with Crippen LogP contribution in [0.1, 0.15) is 24.8 Å². The van der Waals surface area contributed by atoms with E-state index in [-0.39, 0.29) is 11.6 Å². The second-order valence-corrected chi connectivity index (χ2v) is 6.23. The fraction of sp³-hybridized carbons (Fsp3) is 0.368. The Labute approximate surface area is 130 Å². The van der Waals surface area contributed by atoms with Gasteiger partial charge in [0.05, 0.1) is 5.92 Å². The van der Waals surface area contributed by atoms with Crippen molar-refractivity contribution in [3.8, 4) is 0 Å². The lowest BCUT2D eigenvalue weighted by Gasteiger charge is -2.22. The number of fused-ring (bicyclic) bond motifs is 1. The Kier molecular flexibility index (Phi) is 3.97. The first-order valence-electron chi connectivity index (χ1n) is 7.81. The van der Waals surface area contributed by atoms with E-state index >= 15 is 0 Å². The van der Waals surface area contributed by atoms with Crippen LogP contribution in [-0.2, 0) is 16.0 Å². The zero-order chi connectivity index (χ0) is 15.7. The summed E-state index contributed by atoms with van der Waals surface area (Å²) in [6, 6.07) is 12.3. The molecule has 0 radical (unpaired) electrons. The number of nitrogens with zero attached hydrogens (tertiary/aromatic N) is 1. The normalized spacial score (nSPS) is 16.3. The molecule has 2 aromatic rings. The van der Waals surface area contributed by atoms with E-state index in [4.69, 9.17) is 0 Å². The van der Waals surface area contributed by atoms with E-state index < -0.39 is 5.92 Å². The van der Waals surface area contributed by atoms with Crippen LogP contribution in [0.15, 0.2) is 36.4 Å². The molecule has 0 heterocycles. The van der Waals surface area contributed by atoms with E-state index in [0.717, 1.165) is 16.6 Å². The highest BCUT2D eigenvalue weighted by Gasteiger charge is 2.30. The van der Waals surface area contributed by atoms with E-state index in [9.17, 15) is 9.59 Å². The minimum atomic E-state index is -0.442. The highest BCUT2D eigenvalue weighted by molar-refractivity contribution is 6.05. The fourth-order valence-electron chi connectivity index (χ4n) is 3.33. The average Bonchev–Trinajstić information content (AvgIpc) is 2.50. The number of hydrogen-bond donors (Lipinski definition) is 0. The predicted molar refractivity (Wildman–Crippen MR) is 89.3 cm³/mol. The molecule has 114 valence electrons. The number of hydrogen-bond acceptors (Lipinski definition) is 3. The largest absolute Gasteiger partial charge is 0.377 e. The molecule has 0 aromatic heterocycles. The van der Waals surface area contributed by atoms with Crippen molar-refractivity contribution in [2.45, 2.75) is 25.7 Å². The zero-order valence-electron chi connectivity index (χ0n) is 13.1. The summed E-state index contributed by atoms with van der Waals surface area (Å²) in [5.74, 6) is -0.226. The molecule has 0 unspecified atom stereocenters. The van der Waals surface area contributed by atoms with Gasteiger partial charge in [-0.15, -0.1) is 0 Å². The molecule has 3 rings (SSSR count). The number of carbonyl (C=O) groups is 2. The summed E-state index contributed by atoms with van der Waals surface area (Å²) >= 11 is 0. The Morgan fingerprint density at radius 3 is 2.23 bits per heavy atom. The Morgan fingerprint density at radius 1 is 0.955 bits per heavy atom. The zero-order valence-corrected chi connectivity index (χ0v) is 13.1. The summed E-state index contributed by atoms with van der Waals surface area (Å²) in [6.07, 6.45) is 2.34. The van der Waals surface area contributed by atoms with Crippen molar-refractivity contribution in [2.75, 3.05) is 19.0 Å². The lowest BCUT2D eigenvalue weighted by Crippen LogP contribution is -2.30. The third-order valence-corrected chi connectivity index (χ3v) is 4.52. The molecule has 1 saturated carbocycles. The van der Waals surface area contributed by atoms with Crippen LogP contribution in [0.3, 0.4) is 0 Å². The van der Waals surface area contributed by atoms with Gasteiger partial charge >= 0.3 is 0 Å². The first-order valence-corrected chi connectivity index (χ1v) is 7.81. The molecule has 0 spiro atoms. The summed E-state index contributed by atoms with van der Waals surface area (Å²) in [4.78, 5) is 26.3. The monoisotopic (exact) mass is 295 g/mol. The molecule has 1 fully saturated rings. The van der Waals surface area contributed by atoms with Crippen LogP contribution in [0.25, 0.3) is 10.8 Å². The summed E-state index contributed by atoms with van der Waals surface area (Å²) in [5, 5.41) is 2.31. The summed E-state index contributed by atoms with van der Waals surface area (Å²) < 4.78 is 0. The Hall–Kier alpha value is -2.16. The minimum absolute atomic E-state index is 0.108. The van der Waals surface area contributed by atoms with Crippen LogP contribution in [0.2, 0.25) is 0 Å². The molecular weight excluding hydrogens is 274 g/mol. The first-order chi connectivity index (χ1) is 10.6. The highest BCUT2D eigenvalue weighted by Crippen LogP contribution is 2.31. The van der Waals surface area contributed by atoms with E-state index in [1.165, 1.54) is 5.39 Å². The molecule has 1 aliphatic carbocycles. The molecule has 1 aliphatic rings. The first kappa shape index (κ1) is 14.8. The Morgan fingerprint density at radius 2 is 1.59 bits per heavy atom. The van der Waals surface area contributed by atoms with Gasteiger partial charge in [0.2, 0.25) is 0 Å². The second-order valence-electron chi connectivity index (χ2n) is 6.23. The van der Waals surface area contributed by atoms with Gasteiger partial charge in [0.25, 0.3) is 0 Å². The van der Waals surface area contributed by atoms with Crippen molar-refractivity contribution in [3.63, 3.8) is 0 Å². The van der Waals surface area contributed by atoms with Crippen molar-refractivity contribution in [3.05, 3.63) is 42.0 Å². The van der Waals surface area contributed by atoms with Gasteiger partial charge in [-0.05, 0) is 29.9 Å². The lowest BCUT2D eigenvalue weighted by molar-refractivity contribution is -0.135. The summed E-state index contributed by atoms with van der Waals surface area (Å²) in [5.41, 5.74) is 2.25. The van der Waals surface area contributed by atoms with Gasteiger partial charge in [0.1, 0.15) is 11.6 Å². The van der Waals surface area contributed by atoms with E-state index in [0.29, 0.717) is 25.7 Å². The van der Waals surface area contributed by atoms with E-state index in [1.807, 2.05) is 26.2 Å². The number of carbonyl (C=O) groups excluding carboxylic acids is 2. The Bertz CT molecular complexity index is 717. The van der Waals surface area contributed by atoms with E-state index in [2.05, 4.69) is 29.2 Å². The van der Waals surface area contributed by atoms with Crippen LogP contribution in [0.5, 0.6) is 0 Å². The molecule has 2 aromatic carbocycles. The maximum atomic E-state index is 12.1. The third kappa shape index (κ3) is 2.63. The second kappa shape index (κ2) is 5.91. The van der Waals surface area contributed by atoms with Crippen molar-refractivity contribution >= 4 is 28.0 Å². The minimum Gasteiger partial charge on any atom is -0.377 e. The number of benzene rings is 2. The third-order valence-electron chi connectivity index (χ3n) is 4.52. The SMILES string of the molecule is CN(C)c1ccc(CC2C(=O)CCCC2=O)c2ccccc12. The van der Waals surface area contributed by atoms with Crippen LogP contribution in [0.4, 0.5) is 5.69 Å². The number of Topliss-reactive ketones (excluding diaryl/α,β-unsaturated/α-hetero) is 2. The smallest absolute Gasteiger partial charge is 0.143 e. The van der Waals surface area contributed by atoms with Crippen molar-refractivity contribution in [1.82, 2.24) is 0 Å². The van der Waals surface area contributed by atoms with E-state index in [1.54, 1.807) is 0 Å². The van der Waals surface area contributed by atoms with Gasteiger partial charge in [0.15, 0.2) is 0 Å². The van der Waals surface area contributed by atoms with Crippen LogP contribution < -0.4 is 4.90 Å².